The molecule has 1 saturated heterocycles. The summed E-state index contributed by atoms with van der Waals surface area (Å²) in [4.78, 5) is 26.8. The van der Waals surface area contributed by atoms with Crippen LogP contribution >= 0.6 is 0 Å². The fraction of sp³-hybridized carbons (Fsp3) is 0.556. The smallest absolute Gasteiger partial charge is 0.407 e. The first-order valence-electron chi connectivity index (χ1n) is 8.38. The van der Waals surface area contributed by atoms with E-state index in [0.717, 1.165) is 0 Å². The van der Waals surface area contributed by atoms with Crippen molar-refractivity contribution in [2.45, 2.75) is 50.2 Å². The zero-order valence-corrected chi connectivity index (χ0v) is 16.0. The monoisotopic (exact) mass is 366 g/mol. The van der Waals surface area contributed by atoms with Crippen LogP contribution in [0.25, 0.3) is 0 Å². The van der Waals surface area contributed by atoms with Gasteiger partial charge in [-0.3, -0.25) is 9.00 Å². The Labute approximate surface area is 151 Å². The number of rotatable bonds is 3. The Morgan fingerprint density at radius 3 is 2.20 bits per heavy atom. The van der Waals surface area contributed by atoms with E-state index in [1.54, 1.807) is 35.4 Å². The number of carbonyl (C=O) groups is 2. The number of piperidine rings is 1. The molecule has 0 saturated carbocycles. The standard InChI is InChI=1S/C18H26N2O4S/c1-18(2,3)24-17(22)19-14-9-11-20(12-10-14)16(21)13-5-7-15(8-6-13)25(4)23/h5-8,14H,9-12H2,1-4H3,(H,19,22)/t25-/m0/s1. The van der Waals surface area contributed by atoms with Crippen LogP contribution in [0.15, 0.2) is 29.2 Å². The molecule has 1 aromatic rings. The van der Waals surface area contributed by atoms with Gasteiger partial charge in [0.2, 0.25) is 0 Å². The van der Waals surface area contributed by atoms with Crippen LogP contribution in [0, 0.1) is 0 Å². The van der Waals surface area contributed by atoms with Crippen molar-refractivity contribution in [2.75, 3.05) is 19.3 Å². The van der Waals surface area contributed by atoms with Crippen molar-refractivity contribution in [3.05, 3.63) is 29.8 Å². The van der Waals surface area contributed by atoms with E-state index in [9.17, 15) is 13.8 Å². The van der Waals surface area contributed by atoms with Crippen LogP contribution < -0.4 is 5.32 Å². The number of ether oxygens (including phenoxy) is 1. The van der Waals surface area contributed by atoms with Gasteiger partial charge in [-0.15, -0.1) is 0 Å². The maximum Gasteiger partial charge on any atom is 0.407 e. The highest BCUT2D eigenvalue weighted by Gasteiger charge is 2.26. The number of hydrogen-bond donors (Lipinski definition) is 1. The molecule has 0 aliphatic carbocycles. The Morgan fingerprint density at radius 1 is 1.16 bits per heavy atom. The third-order valence-corrected chi connectivity index (χ3v) is 4.87. The summed E-state index contributed by atoms with van der Waals surface area (Å²) in [6, 6.07) is 6.89. The molecular weight excluding hydrogens is 340 g/mol. The molecule has 1 heterocycles. The minimum absolute atomic E-state index is 0.0174. The van der Waals surface area contributed by atoms with Crippen molar-refractivity contribution >= 4 is 22.8 Å². The molecule has 138 valence electrons. The number of alkyl carbamates (subject to hydrolysis) is 1. The minimum atomic E-state index is -1.05. The number of carbonyl (C=O) groups excluding carboxylic acids is 2. The fourth-order valence-electron chi connectivity index (χ4n) is 2.67. The van der Waals surface area contributed by atoms with Crippen LogP contribution in [0.5, 0.6) is 0 Å². The number of nitrogens with one attached hydrogen (secondary N) is 1. The van der Waals surface area contributed by atoms with Gasteiger partial charge < -0.3 is 15.0 Å². The van der Waals surface area contributed by atoms with E-state index in [-0.39, 0.29) is 11.9 Å². The number of hydrogen-bond acceptors (Lipinski definition) is 4. The summed E-state index contributed by atoms with van der Waals surface area (Å²) in [7, 11) is -1.05. The molecule has 2 amide bonds. The average Bonchev–Trinajstić information content (AvgIpc) is 2.53. The van der Waals surface area contributed by atoms with Crippen LogP contribution in [0.3, 0.4) is 0 Å². The average molecular weight is 366 g/mol. The van der Waals surface area contributed by atoms with E-state index in [2.05, 4.69) is 5.32 Å². The maximum absolute atomic E-state index is 12.5. The van der Waals surface area contributed by atoms with Gasteiger partial charge in [-0.05, 0) is 57.9 Å². The van der Waals surface area contributed by atoms with Crippen LogP contribution in [0.4, 0.5) is 4.79 Å². The second-order valence-electron chi connectivity index (χ2n) is 7.19. The van der Waals surface area contributed by atoms with Gasteiger partial charge in [-0.1, -0.05) is 0 Å². The summed E-state index contributed by atoms with van der Waals surface area (Å²) < 4.78 is 16.7. The molecule has 0 aromatic heterocycles. The Balaban J connectivity index is 1.86. The molecule has 0 bridgehead atoms. The molecule has 1 fully saturated rings. The number of benzene rings is 1. The van der Waals surface area contributed by atoms with Crippen LogP contribution in [0.1, 0.15) is 44.0 Å². The van der Waals surface area contributed by atoms with E-state index in [1.165, 1.54) is 0 Å². The highest BCUT2D eigenvalue weighted by molar-refractivity contribution is 7.84. The van der Waals surface area contributed by atoms with Gasteiger partial charge in [-0.2, -0.15) is 0 Å². The minimum Gasteiger partial charge on any atom is -0.444 e. The zero-order valence-electron chi connectivity index (χ0n) is 15.2. The number of nitrogens with zero attached hydrogens (tertiary/aromatic N) is 1. The lowest BCUT2D eigenvalue weighted by molar-refractivity contribution is 0.0473. The van der Waals surface area contributed by atoms with Crippen LogP contribution in [-0.4, -0.2) is 52.1 Å². The molecule has 0 radical (unpaired) electrons. The normalized spacial score (nSPS) is 17.0. The summed E-state index contributed by atoms with van der Waals surface area (Å²) in [5, 5.41) is 2.86. The second-order valence-corrected chi connectivity index (χ2v) is 8.57. The molecule has 1 aromatic carbocycles. The second kappa shape index (κ2) is 7.99. The largest absolute Gasteiger partial charge is 0.444 e. The van der Waals surface area contributed by atoms with Crippen molar-refractivity contribution in [2.24, 2.45) is 0 Å². The molecule has 6 nitrogen and oxygen atoms in total. The topological polar surface area (TPSA) is 75.7 Å². The van der Waals surface area contributed by atoms with Gasteiger partial charge in [0.05, 0.1) is 0 Å². The van der Waals surface area contributed by atoms with Crippen LogP contribution in [-0.2, 0) is 15.5 Å². The predicted octanol–water partition coefficient (Wildman–Crippen LogP) is 2.55. The van der Waals surface area contributed by atoms with Gasteiger partial charge in [0.15, 0.2) is 0 Å². The van der Waals surface area contributed by atoms with Gasteiger partial charge in [0, 0.05) is 46.6 Å². The van der Waals surface area contributed by atoms with E-state index >= 15 is 0 Å². The van der Waals surface area contributed by atoms with E-state index in [4.69, 9.17) is 4.74 Å². The molecule has 7 heteroatoms. The lowest BCUT2D eigenvalue weighted by atomic mass is 10.0. The highest BCUT2D eigenvalue weighted by atomic mass is 32.2. The first-order valence-corrected chi connectivity index (χ1v) is 9.94. The van der Waals surface area contributed by atoms with E-state index in [0.29, 0.717) is 36.4 Å². The Morgan fingerprint density at radius 2 is 1.72 bits per heavy atom. The molecule has 1 aliphatic heterocycles. The summed E-state index contributed by atoms with van der Waals surface area (Å²) in [6.07, 6.45) is 2.59. The predicted molar refractivity (Wildman–Crippen MR) is 97.1 cm³/mol. The molecular formula is C18H26N2O4S. The number of likely N-dealkylation sites (tertiary alicyclic amines) is 1. The fourth-order valence-corrected chi connectivity index (χ4v) is 3.19. The molecule has 0 spiro atoms. The molecule has 1 atom stereocenters. The first kappa shape index (κ1) is 19.4. The van der Waals surface area contributed by atoms with Crippen molar-refractivity contribution in [1.29, 1.82) is 0 Å². The molecule has 1 N–H and O–H groups in total. The van der Waals surface area contributed by atoms with Gasteiger partial charge in [0.1, 0.15) is 5.60 Å². The van der Waals surface area contributed by atoms with Gasteiger partial charge >= 0.3 is 6.09 Å². The maximum atomic E-state index is 12.5. The van der Waals surface area contributed by atoms with Crippen molar-refractivity contribution < 1.29 is 18.5 Å². The summed E-state index contributed by atoms with van der Waals surface area (Å²) in [5.41, 5.74) is 0.0717. The van der Waals surface area contributed by atoms with Gasteiger partial charge in [0.25, 0.3) is 5.91 Å². The van der Waals surface area contributed by atoms with Crippen molar-refractivity contribution in [3.8, 4) is 0 Å². The zero-order chi connectivity index (χ0) is 18.6. The Kier molecular flexibility index (Phi) is 6.21. The van der Waals surface area contributed by atoms with Crippen LogP contribution in [0.2, 0.25) is 0 Å². The lowest BCUT2D eigenvalue weighted by Crippen LogP contribution is -2.47. The lowest BCUT2D eigenvalue weighted by Gasteiger charge is -2.33. The molecule has 2 rings (SSSR count). The third kappa shape index (κ3) is 5.85. The highest BCUT2D eigenvalue weighted by Crippen LogP contribution is 2.16. The van der Waals surface area contributed by atoms with Crippen molar-refractivity contribution in [1.82, 2.24) is 10.2 Å². The van der Waals surface area contributed by atoms with E-state index < -0.39 is 22.5 Å². The van der Waals surface area contributed by atoms with Crippen molar-refractivity contribution in [3.63, 3.8) is 0 Å². The SMILES string of the molecule is C[S@](=O)c1ccc(C(=O)N2CCC(NC(=O)OC(C)(C)C)CC2)cc1. The number of amides is 2. The van der Waals surface area contributed by atoms with E-state index in [1.807, 2.05) is 20.8 Å². The molecule has 1 aliphatic rings. The van der Waals surface area contributed by atoms with Gasteiger partial charge in [-0.25, -0.2) is 4.79 Å². The summed E-state index contributed by atoms with van der Waals surface area (Å²) in [6.45, 7) is 6.65. The quantitative estimate of drug-likeness (QED) is 0.892. The Bertz CT molecular complexity index is 644. The summed E-state index contributed by atoms with van der Waals surface area (Å²) in [5.74, 6) is -0.0378. The molecule has 25 heavy (non-hydrogen) atoms. The third-order valence-electron chi connectivity index (χ3n) is 3.94. The Hall–Kier alpha value is -1.89. The molecule has 0 unspecified atom stereocenters. The summed E-state index contributed by atoms with van der Waals surface area (Å²) >= 11 is 0. The first-order chi connectivity index (χ1) is 11.7.